The van der Waals surface area contributed by atoms with Crippen LogP contribution in [0, 0.1) is 11.8 Å². The van der Waals surface area contributed by atoms with Crippen LogP contribution in [-0.4, -0.2) is 44.5 Å². The Morgan fingerprint density at radius 3 is 2.69 bits per heavy atom. The smallest absolute Gasteiger partial charge is 0.151 e. The summed E-state index contributed by atoms with van der Waals surface area (Å²) in [6.45, 7) is 2.45. The largest absolute Gasteiger partial charge is 0.291 e. The van der Waals surface area contributed by atoms with E-state index in [1.54, 1.807) is 6.92 Å². The van der Waals surface area contributed by atoms with Gasteiger partial charge < -0.3 is 0 Å². The molecule has 74 valence electrons. The summed E-state index contributed by atoms with van der Waals surface area (Å²) < 4.78 is 22.3. The van der Waals surface area contributed by atoms with Gasteiger partial charge in [-0.15, -0.1) is 5.92 Å². The molecule has 0 bridgehead atoms. The Kier molecular flexibility index (Phi) is 3.34. The van der Waals surface area contributed by atoms with Crippen molar-refractivity contribution in [3.8, 4) is 11.8 Å². The van der Waals surface area contributed by atoms with E-state index >= 15 is 0 Å². The fourth-order valence-electron chi connectivity index (χ4n) is 1.46. The van der Waals surface area contributed by atoms with Gasteiger partial charge in [0.25, 0.3) is 0 Å². The molecule has 13 heavy (non-hydrogen) atoms. The highest BCUT2D eigenvalue weighted by atomic mass is 32.2. The van der Waals surface area contributed by atoms with Gasteiger partial charge in [0, 0.05) is 6.04 Å². The zero-order valence-electron chi connectivity index (χ0n) is 8.08. The van der Waals surface area contributed by atoms with Crippen LogP contribution in [0.5, 0.6) is 0 Å². The number of hydrogen-bond donors (Lipinski definition) is 0. The Hall–Kier alpha value is -0.530. The van der Waals surface area contributed by atoms with Crippen LogP contribution in [0.1, 0.15) is 13.3 Å². The number of hydrogen-bond acceptors (Lipinski definition) is 3. The lowest BCUT2D eigenvalue weighted by Gasteiger charge is -2.19. The molecule has 0 aliphatic carbocycles. The Labute approximate surface area is 80.0 Å². The van der Waals surface area contributed by atoms with Crippen LogP contribution in [0.25, 0.3) is 0 Å². The first-order chi connectivity index (χ1) is 6.05. The van der Waals surface area contributed by atoms with Gasteiger partial charge in [0.2, 0.25) is 0 Å². The molecule has 1 fully saturated rings. The minimum absolute atomic E-state index is 0.172. The van der Waals surface area contributed by atoms with Gasteiger partial charge in [-0.1, -0.05) is 5.92 Å². The summed E-state index contributed by atoms with van der Waals surface area (Å²) in [5.74, 6) is 6.37. The van der Waals surface area contributed by atoms with E-state index in [1.807, 2.05) is 11.9 Å². The monoisotopic (exact) mass is 201 g/mol. The Bertz CT molecular complexity index is 323. The van der Waals surface area contributed by atoms with Crippen molar-refractivity contribution in [2.75, 3.05) is 25.1 Å². The van der Waals surface area contributed by atoms with E-state index in [9.17, 15) is 8.42 Å². The zero-order valence-corrected chi connectivity index (χ0v) is 8.89. The molecule has 1 aliphatic heterocycles. The van der Waals surface area contributed by atoms with Crippen LogP contribution in [0.2, 0.25) is 0 Å². The maximum absolute atomic E-state index is 11.2. The summed E-state index contributed by atoms with van der Waals surface area (Å²) in [5, 5.41) is 0. The Morgan fingerprint density at radius 1 is 1.54 bits per heavy atom. The third-order valence-electron chi connectivity index (χ3n) is 2.34. The predicted molar refractivity (Wildman–Crippen MR) is 53.1 cm³/mol. The molecule has 1 aliphatic rings. The number of sulfone groups is 1. The van der Waals surface area contributed by atoms with Crippen molar-refractivity contribution in [2.45, 2.75) is 19.4 Å². The fourth-order valence-corrected chi connectivity index (χ4v) is 3.26. The van der Waals surface area contributed by atoms with Crippen LogP contribution in [0.4, 0.5) is 0 Å². The zero-order chi connectivity index (χ0) is 9.90. The summed E-state index contributed by atoms with van der Waals surface area (Å²) >= 11 is 0. The highest BCUT2D eigenvalue weighted by molar-refractivity contribution is 7.91. The van der Waals surface area contributed by atoms with Gasteiger partial charge in [-0.3, -0.25) is 4.90 Å². The van der Waals surface area contributed by atoms with E-state index in [0.717, 1.165) is 6.42 Å². The summed E-state index contributed by atoms with van der Waals surface area (Å²) in [4.78, 5) is 2.01. The molecule has 1 saturated heterocycles. The van der Waals surface area contributed by atoms with Crippen molar-refractivity contribution < 1.29 is 8.42 Å². The molecule has 0 spiro atoms. The lowest BCUT2D eigenvalue weighted by molar-refractivity contribution is 0.293. The van der Waals surface area contributed by atoms with E-state index in [1.165, 1.54) is 0 Å². The quantitative estimate of drug-likeness (QED) is 0.596. The van der Waals surface area contributed by atoms with Crippen molar-refractivity contribution in [2.24, 2.45) is 0 Å². The molecule has 0 aromatic heterocycles. The van der Waals surface area contributed by atoms with Crippen molar-refractivity contribution in [3.05, 3.63) is 0 Å². The molecule has 0 aromatic rings. The third kappa shape index (κ3) is 3.02. The van der Waals surface area contributed by atoms with Crippen LogP contribution >= 0.6 is 0 Å². The van der Waals surface area contributed by atoms with E-state index in [4.69, 9.17) is 0 Å². The molecule has 1 rings (SSSR count). The minimum Gasteiger partial charge on any atom is -0.291 e. The number of nitrogens with zero attached hydrogens (tertiary/aromatic N) is 1. The average molecular weight is 201 g/mol. The second-order valence-corrected chi connectivity index (χ2v) is 5.63. The van der Waals surface area contributed by atoms with Crippen LogP contribution in [-0.2, 0) is 9.84 Å². The average Bonchev–Trinajstić information content (AvgIpc) is 2.42. The van der Waals surface area contributed by atoms with E-state index in [2.05, 4.69) is 11.8 Å². The van der Waals surface area contributed by atoms with Crippen molar-refractivity contribution in [1.82, 2.24) is 4.90 Å². The molecular formula is C9H15NO2S. The Morgan fingerprint density at radius 2 is 2.23 bits per heavy atom. The maximum Gasteiger partial charge on any atom is 0.151 e. The van der Waals surface area contributed by atoms with Gasteiger partial charge in [0.05, 0.1) is 18.1 Å². The molecule has 3 nitrogen and oxygen atoms in total. The minimum atomic E-state index is -2.76. The van der Waals surface area contributed by atoms with E-state index < -0.39 is 9.84 Å². The van der Waals surface area contributed by atoms with Gasteiger partial charge in [-0.2, -0.15) is 0 Å². The lowest BCUT2D eigenvalue weighted by atomic mass is 10.2. The lowest BCUT2D eigenvalue weighted by Crippen LogP contribution is -2.32. The van der Waals surface area contributed by atoms with Crippen LogP contribution in [0.15, 0.2) is 0 Å². The molecule has 0 saturated carbocycles. The first kappa shape index (κ1) is 10.6. The van der Waals surface area contributed by atoms with E-state index in [-0.39, 0.29) is 6.04 Å². The second-order valence-electron chi connectivity index (χ2n) is 3.40. The van der Waals surface area contributed by atoms with Gasteiger partial charge >= 0.3 is 0 Å². The second kappa shape index (κ2) is 4.12. The molecule has 1 unspecified atom stereocenters. The first-order valence-electron chi connectivity index (χ1n) is 4.35. The van der Waals surface area contributed by atoms with Crippen LogP contribution in [0.3, 0.4) is 0 Å². The van der Waals surface area contributed by atoms with E-state index in [0.29, 0.717) is 18.1 Å². The van der Waals surface area contributed by atoms with Gasteiger partial charge in [0.1, 0.15) is 0 Å². The predicted octanol–water partition coefficient (Wildman–Crippen LogP) is 0.129. The summed E-state index contributed by atoms with van der Waals surface area (Å²) in [6.07, 6.45) is 0.754. The normalized spacial score (nSPS) is 25.6. The first-order valence-corrected chi connectivity index (χ1v) is 6.17. The highest BCUT2D eigenvalue weighted by Crippen LogP contribution is 2.15. The summed E-state index contributed by atoms with van der Waals surface area (Å²) in [7, 11) is -0.829. The molecule has 0 amide bonds. The highest BCUT2D eigenvalue weighted by Gasteiger charge is 2.29. The van der Waals surface area contributed by atoms with Gasteiger partial charge in [0.15, 0.2) is 9.84 Å². The topological polar surface area (TPSA) is 37.4 Å². The van der Waals surface area contributed by atoms with Crippen molar-refractivity contribution in [3.63, 3.8) is 0 Å². The standard InChI is InChI=1S/C9H15NO2S/c1-3-4-6-10(2)9-5-7-13(11,12)8-9/h9H,5-8H2,1-2H3. The van der Waals surface area contributed by atoms with Crippen LogP contribution < -0.4 is 0 Å². The molecule has 1 heterocycles. The maximum atomic E-state index is 11.2. The molecule has 0 radical (unpaired) electrons. The summed E-state index contributed by atoms with van der Waals surface area (Å²) in [5.41, 5.74) is 0. The molecule has 0 aromatic carbocycles. The SMILES string of the molecule is CC#CCN(C)C1CCS(=O)(=O)C1. The molecule has 4 heteroatoms. The van der Waals surface area contributed by atoms with Crippen molar-refractivity contribution in [1.29, 1.82) is 0 Å². The summed E-state index contributed by atoms with van der Waals surface area (Å²) in [6, 6.07) is 0.172. The molecule has 1 atom stereocenters. The van der Waals surface area contributed by atoms with Gasteiger partial charge in [-0.05, 0) is 20.4 Å². The fraction of sp³-hybridized carbons (Fsp3) is 0.778. The molecular weight excluding hydrogens is 186 g/mol. The van der Waals surface area contributed by atoms with Crippen molar-refractivity contribution >= 4 is 9.84 Å². The Balaban J connectivity index is 2.49. The molecule has 0 N–H and O–H groups in total. The third-order valence-corrected chi connectivity index (χ3v) is 4.09. The number of rotatable bonds is 2. The van der Waals surface area contributed by atoms with Gasteiger partial charge in [-0.25, -0.2) is 8.42 Å².